The maximum atomic E-state index is 13.2. The van der Waals surface area contributed by atoms with Crippen LogP contribution in [0, 0.1) is 5.92 Å². The summed E-state index contributed by atoms with van der Waals surface area (Å²) in [6.07, 6.45) is 3.86. The van der Waals surface area contributed by atoms with Crippen LogP contribution in [0.3, 0.4) is 0 Å². The third-order valence-corrected chi connectivity index (χ3v) is 8.09. The van der Waals surface area contributed by atoms with Gasteiger partial charge in [0, 0.05) is 23.6 Å². The highest BCUT2D eigenvalue weighted by Gasteiger charge is 2.37. The molecule has 0 aliphatic heterocycles. The van der Waals surface area contributed by atoms with E-state index >= 15 is 0 Å². The van der Waals surface area contributed by atoms with E-state index in [2.05, 4.69) is 4.72 Å². The van der Waals surface area contributed by atoms with Crippen molar-refractivity contribution in [2.24, 2.45) is 5.92 Å². The predicted molar refractivity (Wildman–Crippen MR) is 139 cm³/mol. The highest BCUT2D eigenvalue weighted by Crippen LogP contribution is 2.48. The summed E-state index contributed by atoms with van der Waals surface area (Å²) >= 11 is 0. The van der Waals surface area contributed by atoms with Crippen LogP contribution in [0.4, 0.5) is 5.69 Å². The Morgan fingerprint density at radius 3 is 2.43 bits per heavy atom. The highest BCUT2D eigenvalue weighted by atomic mass is 32.2. The summed E-state index contributed by atoms with van der Waals surface area (Å²) in [6, 6.07) is 18.7. The van der Waals surface area contributed by atoms with E-state index in [-0.39, 0.29) is 34.8 Å². The first-order valence-electron chi connectivity index (χ1n) is 12.3. The van der Waals surface area contributed by atoms with Crippen molar-refractivity contribution in [3.8, 4) is 5.75 Å². The summed E-state index contributed by atoms with van der Waals surface area (Å²) in [4.78, 5) is 13.2. The van der Waals surface area contributed by atoms with Crippen molar-refractivity contribution in [3.05, 3.63) is 93.5 Å². The van der Waals surface area contributed by atoms with Crippen LogP contribution in [0.25, 0.3) is 0 Å². The fourth-order valence-corrected chi connectivity index (χ4v) is 5.87. The van der Waals surface area contributed by atoms with Crippen molar-refractivity contribution in [3.63, 3.8) is 0 Å². The maximum Gasteiger partial charge on any atom is 0.343 e. The lowest BCUT2D eigenvalue weighted by atomic mass is 9.86. The molecule has 7 heteroatoms. The lowest BCUT2D eigenvalue weighted by Gasteiger charge is -2.20. The Labute approximate surface area is 207 Å². The van der Waals surface area contributed by atoms with Gasteiger partial charge in [0.05, 0.1) is 11.3 Å². The molecule has 0 bridgehead atoms. The molecule has 186 valence electrons. The number of hydrogen-bond donors (Lipinski definition) is 2. The van der Waals surface area contributed by atoms with Crippen molar-refractivity contribution < 1.29 is 17.9 Å². The van der Waals surface area contributed by atoms with E-state index in [0.29, 0.717) is 24.3 Å². The van der Waals surface area contributed by atoms with Gasteiger partial charge in [0.25, 0.3) is 0 Å². The number of sulfonamides is 1. The lowest BCUT2D eigenvalue weighted by Crippen LogP contribution is -2.19. The molecule has 2 N–H and O–H groups in total. The van der Waals surface area contributed by atoms with Gasteiger partial charge in [-0.25, -0.2) is 13.2 Å². The second kappa shape index (κ2) is 10.7. The fourth-order valence-electron chi connectivity index (χ4n) is 4.74. The Morgan fingerprint density at radius 2 is 1.80 bits per heavy atom. The van der Waals surface area contributed by atoms with Crippen LogP contribution in [0.5, 0.6) is 5.75 Å². The van der Waals surface area contributed by atoms with E-state index in [4.69, 9.17) is 4.42 Å². The summed E-state index contributed by atoms with van der Waals surface area (Å²) in [7, 11) is -3.44. The number of nitrogens with one attached hydrogen (secondary N) is 1. The van der Waals surface area contributed by atoms with Crippen molar-refractivity contribution in [1.29, 1.82) is 0 Å². The van der Waals surface area contributed by atoms with Gasteiger partial charge in [0.15, 0.2) is 0 Å². The van der Waals surface area contributed by atoms with Crippen LogP contribution in [0.1, 0.15) is 73.8 Å². The van der Waals surface area contributed by atoms with Crippen LogP contribution in [0.2, 0.25) is 0 Å². The van der Waals surface area contributed by atoms with Gasteiger partial charge in [-0.2, -0.15) is 0 Å². The molecular weight excluding hydrogens is 462 g/mol. The zero-order chi connectivity index (χ0) is 25.0. The molecule has 0 radical (unpaired) electrons. The predicted octanol–water partition coefficient (Wildman–Crippen LogP) is 5.78. The number of benzene rings is 2. The van der Waals surface area contributed by atoms with Gasteiger partial charge in [-0.15, -0.1) is 0 Å². The standard InChI is InChI=1S/C28H33NO5S/c1-3-15-35(32,33)29-23-12-8-11-22(17-23)26(21-13-14-21)27-24(30)18-25(34-28(27)31)20(4-2)16-19-9-6-5-7-10-19/h5-12,17-18,20-21,26,29-30H,3-4,13-16H2,1-2H3. The molecule has 0 saturated heterocycles. The van der Waals surface area contributed by atoms with Gasteiger partial charge < -0.3 is 9.52 Å². The van der Waals surface area contributed by atoms with E-state index in [0.717, 1.165) is 30.4 Å². The second-order valence-electron chi connectivity index (χ2n) is 9.39. The molecule has 2 unspecified atom stereocenters. The average Bonchev–Trinajstić information content (AvgIpc) is 3.65. The Bertz CT molecular complexity index is 1310. The minimum atomic E-state index is -3.44. The van der Waals surface area contributed by atoms with Crippen LogP contribution < -0.4 is 10.3 Å². The molecule has 1 saturated carbocycles. The van der Waals surface area contributed by atoms with E-state index in [9.17, 15) is 18.3 Å². The Hall–Kier alpha value is -3.06. The van der Waals surface area contributed by atoms with E-state index in [1.165, 1.54) is 0 Å². The maximum absolute atomic E-state index is 13.2. The van der Waals surface area contributed by atoms with Crippen molar-refractivity contribution in [2.45, 2.75) is 57.8 Å². The quantitative estimate of drug-likeness (QED) is 0.352. The second-order valence-corrected chi connectivity index (χ2v) is 11.2. The van der Waals surface area contributed by atoms with Crippen molar-refractivity contribution >= 4 is 15.7 Å². The first kappa shape index (κ1) is 25.0. The van der Waals surface area contributed by atoms with E-state index in [1.54, 1.807) is 24.3 Å². The van der Waals surface area contributed by atoms with E-state index in [1.807, 2.05) is 50.2 Å². The van der Waals surface area contributed by atoms with Crippen molar-refractivity contribution in [2.75, 3.05) is 10.5 Å². The third-order valence-electron chi connectivity index (χ3n) is 6.60. The molecule has 0 amide bonds. The highest BCUT2D eigenvalue weighted by molar-refractivity contribution is 7.92. The topological polar surface area (TPSA) is 96.6 Å². The van der Waals surface area contributed by atoms with Gasteiger partial charge in [0.2, 0.25) is 10.0 Å². The lowest BCUT2D eigenvalue weighted by molar-refractivity contribution is 0.379. The van der Waals surface area contributed by atoms with Gasteiger partial charge >= 0.3 is 5.63 Å². The number of rotatable bonds is 11. The Balaban J connectivity index is 1.66. The molecule has 2 aromatic carbocycles. The zero-order valence-corrected chi connectivity index (χ0v) is 21.1. The van der Waals surface area contributed by atoms with Crippen LogP contribution in [-0.4, -0.2) is 19.3 Å². The zero-order valence-electron chi connectivity index (χ0n) is 20.2. The molecular formula is C28H33NO5S. The van der Waals surface area contributed by atoms with Crippen LogP contribution in [-0.2, 0) is 16.4 Å². The molecule has 35 heavy (non-hydrogen) atoms. The first-order valence-corrected chi connectivity index (χ1v) is 14.0. The summed E-state index contributed by atoms with van der Waals surface area (Å²) < 4.78 is 32.9. The van der Waals surface area contributed by atoms with E-state index < -0.39 is 15.6 Å². The summed E-state index contributed by atoms with van der Waals surface area (Å²) in [6.45, 7) is 3.85. The number of aromatic hydroxyl groups is 1. The number of hydrogen-bond acceptors (Lipinski definition) is 5. The number of anilines is 1. The largest absolute Gasteiger partial charge is 0.507 e. The smallest absolute Gasteiger partial charge is 0.343 e. The van der Waals surface area contributed by atoms with Crippen LogP contribution >= 0.6 is 0 Å². The molecule has 0 spiro atoms. The molecule has 4 rings (SSSR count). The average molecular weight is 496 g/mol. The molecule has 2 atom stereocenters. The minimum absolute atomic E-state index is 0.0271. The summed E-state index contributed by atoms with van der Waals surface area (Å²) in [5.41, 5.74) is 2.11. The van der Waals surface area contributed by atoms with Gasteiger partial charge in [0.1, 0.15) is 11.5 Å². The molecule has 1 aliphatic rings. The molecule has 3 aromatic rings. The molecule has 1 heterocycles. The molecule has 6 nitrogen and oxygen atoms in total. The molecule has 1 aromatic heterocycles. The Morgan fingerprint density at radius 1 is 1.06 bits per heavy atom. The van der Waals surface area contributed by atoms with Gasteiger partial charge in [-0.1, -0.05) is 56.3 Å². The van der Waals surface area contributed by atoms with Crippen molar-refractivity contribution in [1.82, 2.24) is 0 Å². The summed E-state index contributed by atoms with van der Waals surface area (Å²) in [5, 5.41) is 11.0. The summed E-state index contributed by atoms with van der Waals surface area (Å²) in [5.74, 6) is 0.278. The normalized spacial score (nSPS) is 15.5. The molecule has 1 fully saturated rings. The Kier molecular flexibility index (Phi) is 7.65. The first-order chi connectivity index (χ1) is 16.8. The third kappa shape index (κ3) is 6.14. The fraction of sp³-hybridized carbons (Fsp3) is 0.393. The van der Waals surface area contributed by atoms with Gasteiger partial charge in [-0.05, 0) is 61.3 Å². The SMILES string of the molecule is CCCS(=O)(=O)Nc1cccc(C(c2c(O)cc(C(CC)Cc3ccccc3)oc2=O)C2CC2)c1. The minimum Gasteiger partial charge on any atom is -0.507 e. The molecule has 1 aliphatic carbocycles. The van der Waals surface area contributed by atoms with Crippen LogP contribution in [0.15, 0.2) is 69.9 Å². The van der Waals surface area contributed by atoms with Gasteiger partial charge in [-0.3, -0.25) is 4.72 Å². The monoisotopic (exact) mass is 495 g/mol.